The number of ketones is 1. The van der Waals surface area contributed by atoms with E-state index in [2.05, 4.69) is 5.10 Å². The SMILES string of the molecule is COc1ccc(Cn2cc3c(n2)CC(F)CCC3=O)cc1. The van der Waals surface area contributed by atoms with E-state index >= 15 is 0 Å². The third kappa shape index (κ3) is 2.96. The molecule has 0 N–H and O–H groups in total. The Balaban J connectivity index is 1.82. The molecule has 3 rings (SSSR count). The molecule has 0 spiro atoms. The highest BCUT2D eigenvalue weighted by molar-refractivity contribution is 5.97. The number of benzene rings is 1. The standard InChI is InChI=1S/C16H17FN2O2/c1-21-13-5-2-11(3-6-13)9-19-10-14-15(18-19)8-12(17)4-7-16(14)20/h2-3,5-6,10,12H,4,7-9H2,1H3. The molecular weight excluding hydrogens is 271 g/mol. The van der Waals surface area contributed by atoms with Gasteiger partial charge in [0.05, 0.1) is 24.9 Å². The van der Waals surface area contributed by atoms with Gasteiger partial charge in [0.25, 0.3) is 0 Å². The summed E-state index contributed by atoms with van der Waals surface area (Å²) < 4.78 is 20.4. The van der Waals surface area contributed by atoms with Crippen molar-refractivity contribution in [2.24, 2.45) is 0 Å². The fraction of sp³-hybridized carbons (Fsp3) is 0.375. The minimum atomic E-state index is -0.973. The van der Waals surface area contributed by atoms with Gasteiger partial charge in [0.1, 0.15) is 11.9 Å². The second-order valence-electron chi connectivity index (χ2n) is 5.30. The first-order valence-corrected chi connectivity index (χ1v) is 7.02. The monoisotopic (exact) mass is 288 g/mol. The minimum Gasteiger partial charge on any atom is -0.497 e. The first kappa shape index (κ1) is 13.8. The van der Waals surface area contributed by atoms with Crippen molar-refractivity contribution < 1.29 is 13.9 Å². The van der Waals surface area contributed by atoms with E-state index in [-0.39, 0.29) is 18.6 Å². The molecule has 0 saturated heterocycles. The first-order valence-electron chi connectivity index (χ1n) is 7.02. The van der Waals surface area contributed by atoms with Gasteiger partial charge in [0.2, 0.25) is 0 Å². The fourth-order valence-corrected chi connectivity index (χ4v) is 2.58. The summed E-state index contributed by atoms with van der Waals surface area (Å²) in [5.41, 5.74) is 2.21. The molecule has 110 valence electrons. The largest absolute Gasteiger partial charge is 0.497 e. The molecule has 1 unspecified atom stereocenters. The Morgan fingerprint density at radius 3 is 2.86 bits per heavy atom. The van der Waals surface area contributed by atoms with Gasteiger partial charge in [-0.1, -0.05) is 12.1 Å². The van der Waals surface area contributed by atoms with Crippen LogP contribution in [0.4, 0.5) is 4.39 Å². The maximum Gasteiger partial charge on any atom is 0.166 e. The van der Waals surface area contributed by atoms with Gasteiger partial charge in [-0.3, -0.25) is 9.48 Å². The number of hydrogen-bond acceptors (Lipinski definition) is 3. The number of methoxy groups -OCH3 is 1. The molecule has 1 aromatic carbocycles. The number of Topliss-reactive ketones (excluding diaryl/α,β-unsaturated/α-hetero) is 1. The van der Waals surface area contributed by atoms with Gasteiger partial charge in [-0.25, -0.2) is 4.39 Å². The van der Waals surface area contributed by atoms with Crippen molar-refractivity contribution in [2.45, 2.75) is 32.0 Å². The lowest BCUT2D eigenvalue weighted by Gasteiger charge is -2.04. The molecule has 0 amide bonds. The molecule has 21 heavy (non-hydrogen) atoms. The molecule has 0 bridgehead atoms. The van der Waals surface area contributed by atoms with Crippen LogP contribution in [0.25, 0.3) is 0 Å². The molecule has 2 aromatic rings. The number of halogens is 1. The van der Waals surface area contributed by atoms with E-state index < -0.39 is 6.17 Å². The van der Waals surface area contributed by atoms with E-state index in [1.165, 1.54) is 0 Å². The summed E-state index contributed by atoms with van der Waals surface area (Å²) in [6.07, 6.45) is 1.56. The first-order chi connectivity index (χ1) is 10.2. The molecule has 5 heteroatoms. The number of hydrogen-bond donors (Lipinski definition) is 0. The van der Waals surface area contributed by atoms with E-state index in [1.54, 1.807) is 18.0 Å². The van der Waals surface area contributed by atoms with Crippen LogP contribution in [0.3, 0.4) is 0 Å². The van der Waals surface area contributed by atoms with Crippen molar-refractivity contribution in [3.63, 3.8) is 0 Å². The Labute approximate surface area is 122 Å². The highest BCUT2D eigenvalue weighted by atomic mass is 19.1. The van der Waals surface area contributed by atoms with Gasteiger partial charge in [0.15, 0.2) is 5.78 Å². The zero-order valence-corrected chi connectivity index (χ0v) is 11.9. The average Bonchev–Trinajstić information content (AvgIpc) is 2.82. The Bertz CT molecular complexity index is 649. The van der Waals surface area contributed by atoms with Gasteiger partial charge >= 0.3 is 0 Å². The number of carbonyl (C=O) groups is 1. The summed E-state index contributed by atoms with van der Waals surface area (Å²) in [4.78, 5) is 12.0. The van der Waals surface area contributed by atoms with E-state index in [4.69, 9.17) is 4.74 Å². The molecule has 1 aromatic heterocycles. The van der Waals surface area contributed by atoms with Crippen LogP contribution in [-0.4, -0.2) is 28.8 Å². The van der Waals surface area contributed by atoms with Crippen LogP contribution in [0, 0.1) is 0 Å². The van der Waals surface area contributed by atoms with Gasteiger partial charge in [-0.05, 0) is 24.1 Å². The number of fused-ring (bicyclic) bond motifs is 1. The molecule has 1 aliphatic rings. The third-order valence-electron chi connectivity index (χ3n) is 3.74. The van der Waals surface area contributed by atoms with Crippen molar-refractivity contribution in [3.8, 4) is 5.75 Å². The summed E-state index contributed by atoms with van der Waals surface area (Å²) in [6, 6.07) is 7.66. The van der Waals surface area contributed by atoms with Crippen molar-refractivity contribution >= 4 is 5.78 Å². The number of alkyl halides is 1. The Kier molecular flexibility index (Phi) is 3.73. The number of rotatable bonds is 3. The van der Waals surface area contributed by atoms with E-state index in [0.717, 1.165) is 11.3 Å². The summed E-state index contributed by atoms with van der Waals surface area (Å²) in [7, 11) is 1.62. The van der Waals surface area contributed by atoms with Crippen molar-refractivity contribution in [1.82, 2.24) is 9.78 Å². The molecule has 0 aliphatic heterocycles. The van der Waals surface area contributed by atoms with Crippen LogP contribution in [-0.2, 0) is 13.0 Å². The predicted molar refractivity (Wildman–Crippen MR) is 76.5 cm³/mol. The molecule has 0 saturated carbocycles. The Morgan fingerprint density at radius 1 is 1.38 bits per heavy atom. The summed E-state index contributed by atoms with van der Waals surface area (Å²) in [5, 5.41) is 4.37. The Hall–Kier alpha value is -2.17. The van der Waals surface area contributed by atoms with Crippen LogP contribution in [0.15, 0.2) is 30.5 Å². The number of nitrogens with zero attached hydrogens (tertiary/aromatic N) is 2. The number of ether oxygens (including phenoxy) is 1. The lowest BCUT2D eigenvalue weighted by atomic mass is 10.1. The van der Waals surface area contributed by atoms with Crippen LogP contribution < -0.4 is 4.74 Å². The van der Waals surface area contributed by atoms with Crippen LogP contribution >= 0.6 is 0 Å². The van der Waals surface area contributed by atoms with E-state index in [1.807, 2.05) is 24.3 Å². The maximum absolute atomic E-state index is 13.6. The fourth-order valence-electron chi connectivity index (χ4n) is 2.58. The molecule has 1 aliphatic carbocycles. The van der Waals surface area contributed by atoms with Gasteiger partial charge in [0, 0.05) is 19.0 Å². The molecule has 0 radical (unpaired) electrons. The van der Waals surface area contributed by atoms with E-state index in [0.29, 0.717) is 24.2 Å². The second kappa shape index (κ2) is 5.68. The van der Waals surface area contributed by atoms with Crippen LogP contribution in [0.5, 0.6) is 5.75 Å². The zero-order valence-electron chi connectivity index (χ0n) is 11.9. The highest BCUT2D eigenvalue weighted by Gasteiger charge is 2.24. The highest BCUT2D eigenvalue weighted by Crippen LogP contribution is 2.22. The second-order valence-corrected chi connectivity index (χ2v) is 5.30. The lowest BCUT2D eigenvalue weighted by molar-refractivity contribution is 0.0974. The molecule has 4 nitrogen and oxygen atoms in total. The summed E-state index contributed by atoms with van der Waals surface area (Å²) in [5.74, 6) is 0.788. The van der Waals surface area contributed by atoms with Crippen molar-refractivity contribution in [2.75, 3.05) is 7.11 Å². The molecule has 0 fully saturated rings. The molecular formula is C16H17FN2O2. The van der Waals surface area contributed by atoms with Gasteiger partial charge < -0.3 is 4.74 Å². The topological polar surface area (TPSA) is 44.1 Å². The predicted octanol–water partition coefficient (Wildman–Crippen LogP) is 2.80. The van der Waals surface area contributed by atoms with Gasteiger partial charge in [-0.2, -0.15) is 5.10 Å². The van der Waals surface area contributed by atoms with Crippen LogP contribution in [0.1, 0.15) is 34.5 Å². The van der Waals surface area contributed by atoms with Crippen molar-refractivity contribution in [1.29, 1.82) is 0 Å². The quantitative estimate of drug-likeness (QED) is 0.816. The average molecular weight is 288 g/mol. The normalized spacial score (nSPS) is 18.2. The van der Waals surface area contributed by atoms with Crippen molar-refractivity contribution in [3.05, 3.63) is 47.3 Å². The number of carbonyl (C=O) groups excluding carboxylic acids is 1. The third-order valence-corrected chi connectivity index (χ3v) is 3.74. The molecule has 1 heterocycles. The lowest BCUT2D eigenvalue weighted by Crippen LogP contribution is -2.06. The Morgan fingerprint density at radius 2 is 2.14 bits per heavy atom. The number of aromatic nitrogens is 2. The smallest absolute Gasteiger partial charge is 0.166 e. The minimum absolute atomic E-state index is 0.00821. The molecule has 1 atom stereocenters. The van der Waals surface area contributed by atoms with Crippen LogP contribution in [0.2, 0.25) is 0 Å². The zero-order chi connectivity index (χ0) is 14.8. The summed E-state index contributed by atoms with van der Waals surface area (Å²) in [6.45, 7) is 0.557. The van der Waals surface area contributed by atoms with Gasteiger partial charge in [-0.15, -0.1) is 0 Å². The maximum atomic E-state index is 13.6. The van der Waals surface area contributed by atoms with E-state index in [9.17, 15) is 9.18 Å². The summed E-state index contributed by atoms with van der Waals surface area (Å²) >= 11 is 0.